The highest BCUT2D eigenvalue weighted by Crippen LogP contribution is 2.46. The number of nitrogens with one attached hydrogen (secondary N) is 1. The number of carbonyl (C=O) groups excluding carboxylic acids is 1. The van der Waals surface area contributed by atoms with Crippen LogP contribution in [-0.4, -0.2) is 54.2 Å². The summed E-state index contributed by atoms with van der Waals surface area (Å²) < 4.78 is 29.4. The summed E-state index contributed by atoms with van der Waals surface area (Å²) in [5.74, 6) is 0.399. The van der Waals surface area contributed by atoms with Crippen LogP contribution in [0.4, 0.5) is 5.00 Å². The number of anilines is 1. The first-order valence-corrected chi connectivity index (χ1v) is 17.3. The van der Waals surface area contributed by atoms with Gasteiger partial charge in [-0.2, -0.15) is 4.31 Å². The van der Waals surface area contributed by atoms with Crippen molar-refractivity contribution in [3.8, 4) is 10.6 Å². The van der Waals surface area contributed by atoms with Gasteiger partial charge >= 0.3 is 0 Å². The average molecular weight is 609 g/mol. The molecule has 216 valence electrons. The SMILES string of the molecule is CC(C)N1CCc2c(sc(NC(=O)c3ccc(S(=O)(=O)N4C[C@@H](C)C[C@H](C)C4)cc3)c2-c2nc3ccccc3s2)C1. The lowest BCUT2D eigenvalue weighted by molar-refractivity contribution is 0.102. The van der Waals surface area contributed by atoms with E-state index in [0.717, 1.165) is 51.7 Å². The Morgan fingerprint density at radius 1 is 1.02 bits per heavy atom. The second-order valence-corrected chi connectivity index (χ2v) is 15.8. The van der Waals surface area contributed by atoms with Crippen molar-refractivity contribution in [1.29, 1.82) is 0 Å². The summed E-state index contributed by atoms with van der Waals surface area (Å²) in [5.41, 5.74) is 3.68. The third-order valence-corrected chi connectivity index (χ3v) is 12.2. The van der Waals surface area contributed by atoms with E-state index in [9.17, 15) is 13.2 Å². The molecule has 41 heavy (non-hydrogen) atoms. The number of sulfonamides is 1. The zero-order valence-electron chi connectivity index (χ0n) is 23.9. The molecule has 0 radical (unpaired) electrons. The van der Waals surface area contributed by atoms with Gasteiger partial charge < -0.3 is 5.32 Å². The zero-order valence-corrected chi connectivity index (χ0v) is 26.3. The smallest absolute Gasteiger partial charge is 0.256 e. The fraction of sp³-hybridized carbons (Fsp3) is 0.419. The number of piperidine rings is 1. The lowest BCUT2D eigenvalue weighted by atomic mass is 9.94. The van der Waals surface area contributed by atoms with Crippen molar-refractivity contribution in [3.63, 3.8) is 0 Å². The van der Waals surface area contributed by atoms with Crippen LogP contribution < -0.4 is 5.32 Å². The van der Waals surface area contributed by atoms with E-state index in [1.165, 1.54) is 10.4 Å². The van der Waals surface area contributed by atoms with Crippen LogP contribution in [0.2, 0.25) is 0 Å². The van der Waals surface area contributed by atoms with E-state index in [-0.39, 0.29) is 10.8 Å². The highest BCUT2D eigenvalue weighted by Gasteiger charge is 2.32. The van der Waals surface area contributed by atoms with Gasteiger partial charge in [0, 0.05) is 48.2 Å². The van der Waals surface area contributed by atoms with Gasteiger partial charge in [-0.15, -0.1) is 22.7 Å². The lowest BCUT2D eigenvalue weighted by Gasteiger charge is -2.34. The van der Waals surface area contributed by atoms with Crippen LogP contribution in [0.1, 0.15) is 54.9 Å². The first-order chi connectivity index (χ1) is 19.6. The Balaban J connectivity index is 1.29. The van der Waals surface area contributed by atoms with Crippen molar-refractivity contribution >= 4 is 53.8 Å². The molecule has 2 aliphatic rings. The van der Waals surface area contributed by atoms with E-state index in [1.54, 1.807) is 51.2 Å². The van der Waals surface area contributed by atoms with E-state index < -0.39 is 10.0 Å². The highest BCUT2D eigenvalue weighted by atomic mass is 32.2. The average Bonchev–Trinajstić information content (AvgIpc) is 3.52. The molecular formula is C31H36N4O3S3. The molecule has 1 saturated heterocycles. The molecule has 2 aliphatic heterocycles. The molecule has 4 heterocycles. The molecule has 2 aromatic heterocycles. The maximum Gasteiger partial charge on any atom is 0.256 e. The number of benzene rings is 2. The third-order valence-electron chi connectivity index (χ3n) is 8.14. The summed E-state index contributed by atoms with van der Waals surface area (Å²) in [5, 5.41) is 4.90. The van der Waals surface area contributed by atoms with Crippen molar-refractivity contribution in [2.45, 2.75) is 58.0 Å². The van der Waals surface area contributed by atoms with E-state index >= 15 is 0 Å². The summed E-state index contributed by atoms with van der Waals surface area (Å²) in [6.07, 6.45) is 1.94. The van der Waals surface area contributed by atoms with E-state index in [0.29, 0.717) is 36.5 Å². The molecule has 4 aromatic rings. The molecule has 1 N–H and O–H groups in total. The number of hydrogen-bond acceptors (Lipinski definition) is 7. The summed E-state index contributed by atoms with van der Waals surface area (Å²) >= 11 is 3.28. The van der Waals surface area contributed by atoms with E-state index in [4.69, 9.17) is 4.98 Å². The predicted molar refractivity (Wildman–Crippen MR) is 168 cm³/mol. The molecule has 10 heteroatoms. The topological polar surface area (TPSA) is 82.6 Å². The van der Waals surface area contributed by atoms with Gasteiger partial charge in [0.15, 0.2) is 0 Å². The molecule has 1 fully saturated rings. The molecular weight excluding hydrogens is 573 g/mol. The number of nitrogens with zero attached hydrogens (tertiary/aromatic N) is 3. The number of thiazole rings is 1. The van der Waals surface area contributed by atoms with Gasteiger partial charge in [0.2, 0.25) is 10.0 Å². The standard InChI is InChI=1S/C31H36N4O3S3/c1-19(2)34-14-13-24-27(18-34)40-31(28(24)30-32-25-7-5-6-8-26(25)39-30)33-29(36)22-9-11-23(12-10-22)41(37,38)35-16-20(3)15-21(4)17-35/h5-12,19-21H,13-18H2,1-4H3,(H,33,36)/t20-,21-/m0/s1. The Labute approximate surface area is 250 Å². The summed E-state index contributed by atoms with van der Waals surface area (Å²) in [4.78, 5) is 22.4. The minimum Gasteiger partial charge on any atom is -0.313 e. The van der Waals surface area contributed by atoms with Gasteiger partial charge in [0.05, 0.1) is 15.1 Å². The quantitative estimate of drug-likeness (QED) is 0.263. The monoisotopic (exact) mass is 608 g/mol. The summed E-state index contributed by atoms with van der Waals surface area (Å²) in [7, 11) is -3.61. The fourth-order valence-electron chi connectivity index (χ4n) is 6.06. The van der Waals surface area contributed by atoms with Crippen LogP contribution in [0.25, 0.3) is 20.8 Å². The molecule has 0 saturated carbocycles. The number of rotatable bonds is 6. The van der Waals surface area contributed by atoms with Crippen molar-refractivity contribution in [3.05, 3.63) is 64.5 Å². The second kappa shape index (κ2) is 11.2. The number of carbonyl (C=O) groups is 1. The minimum absolute atomic E-state index is 0.228. The third kappa shape index (κ3) is 5.60. The van der Waals surface area contributed by atoms with Crippen LogP contribution in [0.15, 0.2) is 53.4 Å². The zero-order chi connectivity index (χ0) is 28.9. The van der Waals surface area contributed by atoms with Crippen LogP contribution in [0.5, 0.6) is 0 Å². The normalized spacial score (nSPS) is 20.4. The van der Waals surface area contributed by atoms with Gasteiger partial charge in [0.25, 0.3) is 5.91 Å². The molecule has 7 nitrogen and oxygen atoms in total. The van der Waals surface area contributed by atoms with Gasteiger partial charge in [-0.3, -0.25) is 9.69 Å². The summed E-state index contributed by atoms with van der Waals surface area (Å²) in [6.45, 7) is 11.5. The number of aromatic nitrogens is 1. The first kappa shape index (κ1) is 28.5. The largest absolute Gasteiger partial charge is 0.313 e. The van der Waals surface area contributed by atoms with Crippen molar-refractivity contribution in [1.82, 2.24) is 14.2 Å². The Morgan fingerprint density at radius 2 is 1.73 bits per heavy atom. The van der Waals surface area contributed by atoms with Gasteiger partial charge in [-0.1, -0.05) is 26.0 Å². The fourth-order valence-corrected chi connectivity index (χ4v) is 10.1. The van der Waals surface area contributed by atoms with Gasteiger partial charge in [-0.05, 0) is 80.5 Å². The maximum atomic E-state index is 13.5. The number of fused-ring (bicyclic) bond motifs is 2. The Kier molecular flexibility index (Phi) is 7.80. The van der Waals surface area contributed by atoms with Gasteiger partial charge in [0.1, 0.15) is 10.0 Å². The van der Waals surface area contributed by atoms with Crippen molar-refractivity contribution < 1.29 is 13.2 Å². The van der Waals surface area contributed by atoms with Crippen LogP contribution >= 0.6 is 22.7 Å². The molecule has 0 bridgehead atoms. The molecule has 1 amide bonds. The van der Waals surface area contributed by atoms with Gasteiger partial charge in [-0.25, -0.2) is 13.4 Å². The molecule has 0 spiro atoms. The van der Waals surface area contributed by atoms with Crippen molar-refractivity contribution in [2.24, 2.45) is 11.8 Å². The van der Waals surface area contributed by atoms with Crippen molar-refractivity contribution in [2.75, 3.05) is 25.0 Å². The van der Waals surface area contributed by atoms with E-state index in [2.05, 4.69) is 44.0 Å². The number of hydrogen-bond donors (Lipinski definition) is 1. The van der Waals surface area contributed by atoms with Crippen LogP contribution in [-0.2, 0) is 23.0 Å². The number of thiophene rings is 1. The van der Waals surface area contributed by atoms with Crippen LogP contribution in [0, 0.1) is 11.8 Å². The maximum absolute atomic E-state index is 13.5. The molecule has 2 atom stereocenters. The lowest BCUT2D eigenvalue weighted by Crippen LogP contribution is -2.42. The number of amides is 1. The molecule has 6 rings (SSSR count). The highest BCUT2D eigenvalue weighted by molar-refractivity contribution is 7.89. The Morgan fingerprint density at radius 3 is 2.41 bits per heavy atom. The molecule has 0 aliphatic carbocycles. The molecule has 0 unspecified atom stereocenters. The van der Waals surface area contributed by atoms with E-state index in [1.807, 2.05) is 18.2 Å². The molecule has 2 aromatic carbocycles. The second-order valence-electron chi connectivity index (χ2n) is 11.8. The Hall–Kier alpha value is -2.63. The number of para-hydroxylation sites is 1. The minimum atomic E-state index is -3.61. The Bertz CT molecular complexity index is 1650. The summed E-state index contributed by atoms with van der Waals surface area (Å²) in [6, 6.07) is 14.9. The predicted octanol–water partition coefficient (Wildman–Crippen LogP) is 6.71. The van der Waals surface area contributed by atoms with Crippen LogP contribution in [0.3, 0.4) is 0 Å². The first-order valence-electron chi connectivity index (χ1n) is 14.3.